The number of likely N-dealkylation sites (N-methyl/N-ethyl adjacent to an activating group) is 1. The second-order valence-electron chi connectivity index (χ2n) is 11.1. The number of aromatic nitrogens is 5. The van der Waals surface area contributed by atoms with Crippen molar-refractivity contribution in [1.82, 2.24) is 40.3 Å². The molecule has 0 aliphatic carbocycles. The Morgan fingerprint density at radius 3 is 2.70 bits per heavy atom. The van der Waals surface area contributed by atoms with Gasteiger partial charge in [-0.15, -0.1) is 28.2 Å². The molecule has 1 saturated heterocycles. The molecule has 2 aromatic rings. The van der Waals surface area contributed by atoms with Crippen LogP contribution in [0.15, 0.2) is 21.8 Å². The zero-order chi connectivity index (χ0) is 33.1. The number of thiazole rings is 1. The molecule has 46 heavy (non-hydrogen) atoms. The van der Waals surface area contributed by atoms with Crippen LogP contribution in [-0.4, -0.2) is 116 Å². The molecule has 15 nitrogen and oxygen atoms in total. The van der Waals surface area contributed by atoms with E-state index < -0.39 is 23.3 Å². The summed E-state index contributed by atoms with van der Waals surface area (Å²) in [4.78, 5) is 59.1. The Bertz CT molecular complexity index is 1400. The van der Waals surface area contributed by atoms with Crippen LogP contribution in [0.1, 0.15) is 51.1 Å². The molecule has 4 heterocycles. The van der Waals surface area contributed by atoms with E-state index in [1.165, 1.54) is 39.8 Å². The Morgan fingerprint density at radius 1 is 1.17 bits per heavy atom. The van der Waals surface area contributed by atoms with Gasteiger partial charge in [0.1, 0.15) is 30.3 Å². The molecular formula is C28H41N9O6S3. The number of nitrogens with one attached hydrogen (secondary N) is 1. The Labute approximate surface area is 280 Å². The van der Waals surface area contributed by atoms with Crippen molar-refractivity contribution in [3.8, 4) is 0 Å². The number of hydrogen-bond donors (Lipinski definition) is 2. The lowest BCUT2D eigenvalue weighted by atomic mass is 10.0. The first-order chi connectivity index (χ1) is 22.2. The number of ether oxygens (including phenoxy) is 2. The maximum atomic E-state index is 13.4. The number of carbonyl (C=O) groups is 4. The average Bonchev–Trinajstić information content (AvgIpc) is 3.66. The van der Waals surface area contributed by atoms with Gasteiger partial charge in [0.05, 0.1) is 18.7 Å². The first-order valence-electron chi connectivity index (χ1n) is 15.2. The van der Waals surface area contributed by atoms with Crippen LogP contribution in [0, 0.1) is 0 Å². The molecule has 0 saturated carbocycles. The zero-order valence-electron chi connectivity index (χ0n) is 26.3. The largest absolute Gasteiger partial charge is 0.462 e. The van der Waals surface area contributed by atoms with Crippen molar-refractivity contribution >= 4 is 63.7 Å². The molecule has 3 N–H and O–H groups in total. The summed E-state index contributed by atoms with van der Waals surface area (Å²) in [7, 11) is 3.92. The number of amides is 2. The number of nitrogens with zero attached hydrogens (tertiary/aromatic N) is 7. The number of esters is 2. The van der Waals surface area contributed by atoms with Crippen LogP contribution in [0.5, 0.6) is 0 Å². The fourth-order valence-corrected chi connectivity index (χ4v) is 7.72. The maximum absolute atomic E-state index is 13.4. The summed E-state index contributed by atoms with van der Waals surface area (Å²) in [5.74, 6) is -1.04. The number of thioether (sulfide) groups is 2. The number of nitrogens with two attached hydrogens (primary N) is 1. The quantitative estimate of drug-likeness (QED) is 0.0936. The van der Waals surface area contributed by atoms with E-state index in [1.807, 2.05) is 19.0 Å². The van der Waals surface area contributed by atoms with E-state index in [9.17, 15) is 19.2 Å². The number of fused-ring (bicyclic) bond motifs is 1. The van der Waals surface area contributed by atoms with Crippen molar-refractivity contribution in [2.45, 2.75) is 75.0 Å². The summed E-state index contributed by atoms with van der Waals surface area (Å²) in [6.45, 7) is 3.23. The van der Waals surface area contributed by atoms with E-state index in [1.54, 1.807) is 10.1 Å². The van der Waals surface area contributed by atoms with Crippen molar-refractivity contribution in [3.63, 3.8) is 0 Å². The van der Waals surface area contributed by atoms with Crippen LogP contribution in [0.25, 0.3) is 0 Å². The summed E-state index contributed by atoms with van der Waals surface area (Å²) in [5, 5.41) is 16.9. The van der Waals surface area contributed by atoms with Crippen LogP contribution < -0.4 is 11.1 Å². The van der Waals surface area contributed by atoms with E-state index in [2.05, 4.69) is 32.7 Å². The van der Waals surface area contributed by atoms with Crippen molar-refractivity contribution in [2.24, 2.45) is 0 Å². The monoisotopic (exact) mass is 695 g/mol. The van der Waals surface area contributed by atoms with Gasteiger partial charge >= 0.3 is 11.9 Å². The van der Waals surface area contributed by atoms with Crippen LogP contribution in [0.3, 0.4) is 0 Å². The Hall–Kier alpha value is -3.22. The van der Waals surface area contributed by atoms with Gasteiger partial charge in [-0.1, -0.05) is 44.4 Å². The molecule has 2 aromatic heterocycles. The standard InChI is InChI=1S/C28H41N9O6S3/c1-4-5-6-7-8-9-21(39)42-12-13-43-26(41)23-18(16-46-28-32-33-34-36(28)11-10-35(2)3)15-44-25-22(24(40)37(23)25)31-20(38)14-19-17-45-27(29)30-19/h17,22,25H,4-16H2,1-3H3,(H2,29,30)(H,31,38)/t22-,25+/m1/s1. The summed E-state index contributed by atoms with van der Waals surface area (Å²) < 4.78 is 12.4. The lowest BCUT2D eigenvalue weighted by Gasteiger charge is -2.49. The minimum absolute atomic E-state index is 0.0124. The molecule has 2 aliphatic heterocycles. The molecule has 4 rings (SSSR count). The second kappa shape index (κ2) is 17.6. The van der Waals surface area contributed by atoms with E-state index >= 15 is 0 Å². The number of anilines is 1. The minimum atomic E-state index is -0.804. The molecule has 252 valence electrons. The predicted octanol–water partition coefficient (Wildman–Crippen LogP) is 1.71. The molecule has 2 amide bonds. The average molecular weight is 696 g/mol. The molecule has 18 heteroatoms. The molecule has 0 spiro atoms. The van der Waals surface area contributed by atoms with Gasteiger partial charge in [-0.25, -0.2) is 14.5 Å². The highest BCUT2D eigenvalue weighted by Crippen LogP contribution is 2.42. The van der Waals surface area contributed by atoms with Gasteiger partial charge in [-0.2, -0.15) is 0 Å². The highest BCUT2D eigenvalue weighted by molar-refractivity contribution is 8.01. The van der Waals surface area contributed by atoms with Crippen LogP contribution in [0.4, 0.5) is 5.13 Å². The van der Waals surface area contributed by atoms with Crippen LogP contribution in [0.2, 0.25) is 0 Å². The third-order valence-corrected chi connectivity index (χ3v) is 10.3. The van der Waals surface area contributed by atoms with E-state index in [4.69, 9.17) is 15.2 Å². The molecule has 0 aromatic carbocycles. The van der Waals surface area contributed by atoms with Gasteiger partial charge in [-0.05, 0) is 36.5 Å². The number of unbranched alkanes of at least 4 members (excludes halogenated alkanes) is 4. The van der Waals surface area contributed by atoms with E-state index in [0.29, 0.717) is 46.0 Å². The smallest absolute Gasteiger partial charge is 0.355 e. The first-order valence-corrected chi connectivity index (χ1v) is 18.1. The molecule has 0 radical (unpaired) electrons. The van der Waals surface area contributed by atoms with Crippen LogP contribution in [-0.2, 0) is 41.6 Å². The lowest BCUT2D eigenvalue weighted by molar-refractivity contribution is -0.155. The van der Waals surface area contributed by atoms with E-state index in [0.717, 1.165) is 38.6 Å². The second-order valence-corrected chi connectivity index (χ2v) is 14.0. The third kappa shape index (κ3) is 9.89. The summed E-state index contributed by atoms with van der Waals surface area (Å²) >= 11 is 4.04. The minimum Gasteiger partial charge on any atom is -0.462 e. The SMILES string of the molecule is CCCCCCCC(=O)OCCOC(=O)C1=C(CSc2nnnn2CCN(C)C)CS[C@H]2[C@H](NC(=O)Cc3csc(N)n3)C(=O)N12. The summed E-state index contributed by atoms with van der Waals surface area (Å²) in [5.41, 5.74) is 7.00. The van der Waals surface area contributed by atoms with Crippen LogP contribution >= 0.6 is 34.9 Å². The highest BCUT2D eigenvalue weighted by Gasteiger charge is 2.54. The van der Waals surface area contributed by atoms with E-state index in [-0.39, 0.29) is 37.2 Å². The Balaban J connectivity index is 1.39. The van der Waals surface area contributed by atoms with Crippen molar-refractivity contribution < 1.29 is 28.7 Å². The van der Waals surface area contributed by atoms with Crippen molar-refractivity contribution in [3.05, 3.63) is 22.3 Å². The van der Waals surface area contributed by atoms with Gasteiger partial charge in [0.2, 0.25) is 11.1 Å². The Kier molecular flexibility index (Phi) is 13.7. The highest BCUT2D eigenvalue weighted by atomic mass is 32.2. The number of β-lactam (4-membered cyclic amide) rings is 1. The van der Waals surface area contributed by atoms with Gasteiger partial charge in [0.25, 0.3) is 5.91 Å². The van der Waals surface area contributed by atoms with Gasteiger partial charge in [0, 0.05) is 29.9 Å². The molecular weight excluding hydrogens is 655 g/mol. The lowest BCUT2D eigenvalue weighted by Crippen LogP contribution is -2.70. The van der Waals surface area contributed by atoms with Crippen molar-refractivity contribution in [2.75, 3.05) is 51.1 Å². The number of carbonyl (C=O) groups excluding carboxylic acids is 4. The third-order valence-electron chi connectivity index (χ3n) is 7.17. The number of rotatable bonds is 19. The topological polar surface area (TPSA) is 188 Å². The summed E-state index contributed by atoms with van der Waals surface area (Å²) in [6, 6.07) is -0.804. The maximum Gasteiger partial charge on any atom is 0.355 e. The fraction of sp³-hybridized carbons (Fsp3) is 0.643. The predicted molar refractivity (Wildman–Crippen MR) is 175 cm³/mol. The van der Waals surface area contributed by atoms with Gasteiger partial charge < -0.3 is 25.4 Å². The van der Waals surface area contributed by atoms with Gasteiger partial charge in [0.15, 0.2) is 5.13 Å². The number of nitrogen functional groups attached to an aromatic ring is 1. The molecule has 0 unspecified atom stereocenters. The molecule has 0 bridgehead atoms. The number of hydrogen-bond acceptors (Lipinski definition) is 15. The molecule has 2 atom stereocenters. The zero-order valence-corrected chi connectivity index (χ0v) is 28.8. The molecule has 1 fully saturated rings. The van der Waals surface area contributed by atoms with Gasteiger partial charge in [-0.3, -0.25) is 19.3 Å². The Morgan fingerprint density at radius 2 is 1.96 bits per heavy atom. The molecule has 2 aliphatic rings. The number of tetrazole rings is 1. The fourth-order valence-electron chi connectivity index (χ4n) is 4.77. The summed E-state index contributed by atoms with van der Waals surface area (Å²) in [6.07, 6.45) is 5.40. The van der Waals surface area contributed by atoms with Crippen molar-refractivity contribution in [1.29, 1.82) is 0 Å². The normalized spacial score (nSPS) is 17.6. The first kappa shape index (κ1) is 35.6.